The number of anilines is 1. The molecule has 2 aromatic rings. The molecule has 4 nitrogen and oxygen atoms in total. The molecular weight excluding hydrogens is 355 g/mol. The molecule has 7 heteroatoms. The van der Waals surface area contributed by atoms with Gasteiger partial charge in [0.15, 0.2) is 5.78 Å². The van der Waals surface area contributed by atoms with E-state index in [9.17, 15) is 4.79 Å². The predicted molar refractivity (Wildman–Crippen MR) is 97.3 cm³/mol. The van der Waals surface area contributed by atoms with Crippen LogP contribution >= 0.6 is 35.0 Å². The van der Waals surface area contributed by atoms with Crippen molar-refractivity contribution in [1.29, 1.82) is 0 Å². The Hall–Kier alpha value is -1.69. The maximum absolute atomic E-state index is 11.8. The molecule has 2 aromatic carbocycles. The van der Waals surface area contributed by atoms with Gasteiger partial charge in [-0.05, 0) is 42.5 Å². The van der Waals surface area contributed by atoms with Crippen LogP contribution in [0.25, 0.3) is 0 Å². The first-order chi connectivity index (χ1) is 11.1. The fourth-order valence-electron chi connectivity index (χ4n) is 1.60. The second-order valence-electron chi connectivity index (χ2n) is 4.43. The standard InChI is InChI=1S/C16H14Cl2N2O2S/c1-22-13-4-2-11(3-5-13)20-19-9-12(21)10-23-14-6-7-15(17)16(18)8-14/h2-9,20H,10H2,1H3. The summed E-state index contributed by atoms with van der Waals surface area (Å²) >= 11 is 13.1. The molecular formula is C16H14Cl2N2O2S. The van der Waals surface area contributed by atoms with E-state index in [0.29, 0.717) is 10.0 Å². The number of hydrogen-bond donors (Lipinski definition) is 1. The van der Waals surface area contributed by atoms with Crippen LogP contribution in [0.15, 0.2) is 52.5 Å². The minimum absolute atomic E-state index is 0.109. The van der Waals surface area contributed by atoms with Crippen LogP contribution in [0.3, 0.4) is 0 Å². The Morgan fingerprint density at radius 3 is 2.61 bits per heavy atom. The lowest BCUT2D eigenvalue weighted by Crippen LogP contribution is -2.04. The average molecular weight is 369 g/mol. The number of rotatable bonds is 7. The summed E-state index contributed by atoms with van der Waals surface area (Å²) in [6.07, 6.45) is 1.26. The minimum Gasteiger partial charge on any atom is -0.497 e. The average Bonchev–Trinajstić information content (AvgIpc) is 2.56. The smallest absolute Gasteiger partial charge is 0.185 e. The number of carbonyl (C=O) groups excluding carboxylic acids is 1. The Morgan fingerprint density at radius 2 is 1.96 bits per heavy atom. The second-order valence-corrected chi connectivity index (χ2v) is 6.29. The SMILES string of the molecule is COc1ccc(NN=CC(=O)CSc2ccc(Cl)c(Cl)c2)cc1. The maximum atomic E-state index is 11.8. The highest BCUT2D eigenvalue weighted by Gasteiger charge is 2.03. The van der Waals surface area contributed by atoms with Crippen molar-refractivity contribution in [2.75, 3.05) is 18.3 Å². The number of ether oxygens (including phenoxy) is 1. The largest absolute Gasteiger partial charge is 0.497 e. The highest BCUT2D eigenvalue weighted by atomic mass is 35.5. The van der Waals surface area contributed by atoms with Crippen molar-refractivity contribution < 1.29 is 9.53 Å². The summed E-state index contributed by atoms with van der Waals surface area (Å²) in [5.74, 6) is 0.918. The van der Waals surface area contributed by atoms with Crippen molar-refractivity contribution in [2.24, 2.45) is 5.10 Å². The number of hydrazone groups is 1. The lowest BCUT2D eigenvalue weighted by molar-refractivity contribution is -0.110. The molecule has 2 rings (SSSR count). The molecule has 0 unspecified atom stereocenters. The molecule has 0 heterocycles. The molecule has 0 aliphatic heterocycles. The number of thioether (sulfide) groups is 1. The summed E-state index contributed by atoms with van der Waals surface area (Å²) < 4.78 is 5.06. The number of nitrogens with one attached hydrogen (secondary N) is 1. The lowest BCUT2D eigenvalue weighted by atomic mass is 10.3. The van der Waals surface area contributed by atoms with Gasteiger partial charge in [0.05, 0.1) is 34.8 Å². The molecule has 120 valence electrons. The van der Waals surface area contributed by atoms with Gasteiger partial charge >= 0.3 is 0 Å². The number of ketones is 1. The van der Waals surface area contributed by atoms with Gasteiger partial charge in [-0.3, -0.25) is 10.2 Å². The molecule has 0 radical (unpaired) electrons. The molecule has 23 heavy (non-hydrogen) atoms. The van der Waals surface area contributed by atoms with E-state index in [4.69, 9.17) is 27.9 Å². The van der Waals surface area contributed by atoms with Crippen LogP contribution in [0.2, 0.25) is 10.0 Å². The number of nitrogens with zero attached hydrogens (tertiary/aromatic N) is 1. The van der Waals surface area contributed by atoms with Crippen LogP contribution < -0.4 is 10.2 Å². The van der Waals surface area contributed by atoms with Gasteiger partial charge < -0.3 is 4.74 Å². The van der Waals surface area contributed by atoms with Crippen LogP contribution in [-0.4, -0.2) is 24.9 Å². The van der Waals surface area contributed by atoms with E-state index < -0.39 is 0 Å². The molecule has 0 amide bonds. The Morgan fingerprint density at radius 1 is 1.22 bits per heavy atom. The van der Waals surface area contributed by atoms with Crippen LogP contribution in [0.5, 0.6) is 5.75 Å². The first-order valence-electron chi connectivity index (χ1n) is 6.62. The molecule has 0 aliphatic carbocycles. The number of halogens is 2. The van der Waals surface area contributed by atoms with Gasteiger partial charge in [0.25, 0.3) is 0 Å². The molecule has 0 spiro atoms. The van der Waals surface area contributed by atoms with Gasteiger partial charge in [0, 0.05) is 4.90 Å². The first kappa shape index (κ1) is 17.7. The molecule has 0 aromatic heterocycles. The summed E-state index contributed by atoms with van der Waals surface area (Å²) in [7, 11) is 1.60. The summed E-state index contributed by atoms with van der Waals surface area (Å²) in [5, 5.41) is 4.88. The third-order valence-corrected chi connectivity index (χ3v) is 4.52. The first-order valence-corrected chi connectivity index (χ1v) is 8.36. The quantitative estimate of drug-likeness (QED) is 0.434. The van der Waals surface area contributed by atoms with E-state index >= 15 is 0 Å². The van der Waals surface area contributed by atoms with Gasteiger partial charge in [-0.15, -0.1) is 11.8 Å². The normalized spacial score (nSPS) is 10.7. The van der Waals surface area contributed by atoms with Crippen molar-refractivity contribution in [1.82, 2.24) is 0 Å². The van der Waals surface area contributed by atoms with Gasteiger partial charge in [0.2, 0.25) is 0 Å². The number of Topliss-reactive ketones (excluding diaryl/α,β-unsaturated/α-hetero) is 1. The van der Waals surface area contributed by atoms with Crippen LogP contribution in [-0.2, 0) is 4.79 Å². The Balaban J connectivity index is 1.80. The van der Waals surface area contributed by atoms with E-state index in [1.165, 1.54) is 18.0 Å². The third kappa shape index (κ3) is 5.78. The van der Waals surface area contributed by atoms with Crippen LogP contribution in [0.1, 0.15) is 0 Å². The van der Waals surface area contributed by atoms with Gasteiger partial charge in [0.1, 0.15) is 5.75 Å². The van der Waals surface area contributed by atoms with Crippen molar-refractivity contribution >= 4 is 52.6 Å². The van der Waals surface area contributed by atoms with Gasteiger partial charge in [-0.1, -0.05) is 23.2 Å². The highest BCUT2D eigenvalue weighted by molar-refractivity contribution is 8.00. The zero-order valence-corrected chi connectivity index (χ0v) is 14.6. The second kappa shape index (κ2) is 8.82. The predicted octanol–water partition coefficient (Wildman–Crippen LogP) is 4.76. The summed E-state index contributed by atoms with van der Waals surface area (Å²) in [5.41, 5.74) is 3.56. The molecule has 0 aliphatic rings. The van der Waals surface area contributed by atoms with E-state index in [2.05, 4.69) is 10.5 Å². The van der Waals surface area contributed by atoms with E-state index in [1.54, 1.807) is 31.4 Å². The van der Waals surface area contributed by atoms with E-state index in [1.807, 2.05) is 18.2 Å². The van der Waals surface area contributed by atoms with Crippen molar-refractivity contribution in [3.05, 3.63) is 52.5 Å². The van der Waals surface area contributed by atoms with Crippen molar-refractivity contribution in [2.45, 2.75) is 4.90 Å². The monoisotopic (exact) mass is 368 g/mol. The molecule has 1 N–H and O–H groups in total. The number of hydrogen-bond acceptors (Lipinski definition) is 5. The third-order valence-electron chi connectivity index (χ3n) is 2.76. The zero-order chi connectivity index (χ0) is 16.7. The van der Waals surface area contributed by atoms with Gasteiger partial charge in [-0.2, -0.15) is 5.10 Å². The van der Waals surface area contributed by atoms with E-state index in [-0.39, 0.29) is 11.5 Å². The van der Waals surface area contributed by atoms with Crippen molar-refractivity contribution in [3.8, 4) is 5.75 Å². The fraction of sp³-hybridized carbons (Fsp3) is 0.125. The molecule has 0 saturated carbocycles. The summed E-state index contributed by atoms with van der Waals surface area (Å²) in [4.78, 5) is 12.6. The zero-order valence-electron chi connectivity index (χ0n) is 12.3. The maximum Gasteiger partial charge on any atom is 0.185 e. The van der Waals surface area contributed by atoms with E-state index in [0.717, 1.165) is 16.3 Å². The summed E-state index contributed by atoms with van der Waals surface area (Å²) in [6, 6.07) is 12.5. The minimum atomic E-state index is -0.109. The topological polar surface area (TPSA) is 50.7 Å². The molecule has 0 atom stereocenters. The number of carbonyl (C=O) groups is 1. The lowest BCUT2D eigenvalue weighted by Gasteiger charge is -2.02. The fourth-order valence-corrected chi connectivity index (χ4v) is 2.71. The Labute approximate surface area is 148 Å². The summed E-state index contributed by atoms with van der Waals surface area (Å²) in [6.45, 7) is 0. The van der Waals surface area contributed by atoms with Crippen molar-refractivity contribution in [3.63, 3.8) is 0 Å². The molecule has 0 fully saturated rings. The van der Waals surface area contributed by atoms with Gasteiger partial charge in [-0.25, -0.2) is 0 Å². The number of benzene rings is 2. The highest BCUT2D eigenvalue weighted by Crippen LogP contribution is 2.27. The molecule has 0 saturated heterocycles. The molecule has 0 bridgehead atoms. The Kier molecular flexibility index (Phi) is 6.77. The Bertz CT molecular complexity index is 706. The van der Waals surface area contributed by atoms with Crippen LogP contribution in [0, 0.1) is 0 Å². The van der Waals surface area contributed by atoms with Crippen LogP contribution in [0.4, 0.5) is 5.69 Å². The number of methoxy groups -OCH3 is 1.